The summed E-state index contributed by atoms with van der Waals surface area (Å²) in [6.45, 7) is 0. The third kappa shape index (κ3) is 1.37. The van der Waals surface area contributed by atoms with Gasteiger partial charge in [-0.2, -0.15) is 0 Å². The minimum Gasteiger partial charge on any atom is -0.497 e. The summed E-state index contributed by atoms with van der Waals surface area (Å²) < 4.78 is 5.21. The van der Waals surface area contributed by atoms with E-state index in [0.717, 1.165) is 11.7 Å². The second kappa shape index (κ2) is 3.26. The van der Waals surface area contributed by atoms with E-state index in [1.807, 2.05) is 0 Å². The molecule has 0 aromatic heterocycles. The summed E-state index contributed by atoms with van der Waals surface area (Å²) in [4.78, 5) is 0. The molecule has 0 radical (unpaired) electrons. The van der Waals surface area contributed by atoms with Crippen molar-refractivity contribution in [1.29, 1.82) is 0 Å². The maximum atomic E-state index is 5.21. The number of fused-ring (bicyclic) bond motifs is 2. The number of benzene rings is 1. The van der Waals surface area contributed by atoms with Crippen LogP contribution in [0.1, 0.15) is 37.7 Å². The molecular weight excluding hydrogens is 184 g/mol. The predicted octanol–water partition coefficient (Wildman–Crippen LogP) is 3.53. The van der Waals surface area contributed by atoms with Gasteiger partial charge in [0.15, 0.2) is 0 Å². The monoisotopic (exact) mass is 202 g/mol. The van der Waals surface area contributed by atoms with Crippen LogP contribution >= 0.6 is 0 Å². The standard InChI is InChI=1S/C14H18O/c1-15-13-4-2-12(3-5-13)14-8-6-11(10-14)7-9-14/h2-5,11H,6-10H2,1H3. The van der Waals surface area contributed by atoms with Crippen molar-refractivity contribution in [2.24, 2.45) is 5.92 Å². The predicted molar refractivity (Wildman–Crippen MR) is 61.2 cm³/mol. The first-order chi connectivity index (χ1) is 7.32. The Morgan fingerprint density at radius 1 is 1.13 bits per heavy atom. The second-order valence-corrected chi connectivity index (χ2v) is 5.16. The van der Waals surface area contributed by atoms with Crippen molar-refractivity contribution in [3.8, 4) is 5.75 Å². The van der Waals surface area contributed by atoms with Crippen LogP contribution in [0.2, 0.25) is 0 Å². The van der Waals surface area contributed by atoms with E-state index in [0.29, 0.717) is 5.41 Å². The molecule has 0 spiro atoms. The fourth-order valence-electron chi connectivity index (χ4n) is 3.54. The van der Waals surface area contributed by atoms with Crippen molar-refractivity contribution >= 4 is 0 Å². The summed E-state index contributed by atoms with van der Waals surface area (Å²) in [6.07, 6.45) is 7.14. The summed E-state index contributed by atoms with van der Waals surface area (Å²) >= 11 is 0. The smallest absolute Gasteiger partial charge is 0.118 e. The Hall–Kier alpha value is -0.980. The summed E-state index contributed by atoms with van der Waals surface area (Å²) in [5.74, 6) is 2.00. The maximum Gasteiger partial charge on any atom is 0.118 e. The van der Waals surface area contributed by atoms with E-state index in [2.05, 4.69) is 24.3 Å². The molecular formula is C14H18O. The Morgan fingerprint density at radius 2 is 1.80 bits per heavy atom. The Morgan fingerprint density at radius 3 is 2.27 bits per heavy atom. The zero-order chi connectivity index (χ0) is 10.3. The first-order valence-electron chi connectivity index (χ1n) is 5.97. The molecule has 1 heteroatoms. The van der Waals surface area contributed by atoms with Gasteiger partial charge in [-0.3, -0.25) is 0 Å². The van der Waals surface area contributed by atoms with E-state index in [9.17, 15) is 0 Å². The molecule has 2 bridgehead atoms. The molecule has 0 unspecified atom stereocenters. The number of rotatable bonds is 2. The van der Waals surface area contributed by atoms with Gasteiger partial charge < -0.3 is 4.74 Å². The molecule has 0 N–H and O–H groups in total. The lowest BCUT2D eigenvalue weighted by molar-refractivity contribution is 0.408. The lowest BCUT2D eigenvalue weighted by Crippen LogP contribution is -2.19. The van der Waals surface area contributed by atoms with Crippen LogP contribution in [-0.2, 0) is 5.41 Å². The molecule has 0 saturated heterocycles. The topological polar surface area (TPSA) is 9.23 Å². The summed E-state index contributed by atoms with van der Waals surface area (Å²) in [6, 6.07) is 8.75. The first kappa shape index (κ1) is 9.26. The van der Waals surface area contributed by atoms with Crippen molar-refractivity contribution < 1.29 is 4.74 Å². The second-order valence-electron chi connectivity index (χ2n) is 5.16. The molecule has 0 aliphatic heterocycles. The number of methoxy groups -OCH3 is 1. The highest BCUT2D eigenvalue weighted by molar-refractivity contribution is 5.34. The van der Waals surface area contributed by atoms with Gasteiger partial charge in [0.25, 0.3) is 0 Å². The van der Waals surface area contributed by atoms with Crippen LogP contribution in [0.15, 0.2) is 24.3 Å². The van der Waals surface area contributed by atoms with E-state index < -0.39 is 0 Å². The van der Waals surface area contributed by atoms with Crippen molar-refractivity contribution in [3.63, 3.8) is 0 Å². The quantitative estimate of drug-likeness (QED) is 0.713. The third-order valence-corrected chi connectivity index (χ3v) is 4.44. The maximum absolute atomic E-state index is 5.21. The molecule has 2 aliphatic carbocycles. The molecule has 2 fully saturated rings. The van der Waals surface area contributed by atoms with Gasteiger partial charge in [0.1, 0.15) is 5.75 Å². The molecule has 0 heterocycles. The summed E-state index contributed by atoms with van der Waals surface area (Å²) in [5.41, 5.74) is 2.08. The van der Waals surface area contributed by atoms with Crippen molar-refractivity contribution in [1.82, 2.24) is 0 Å². The largest absolute Gasteiger partial charge is 0.497 e. The van der Waals surface area contributed by atoms with Crippen molar-refractivity contribution in [3.05, 3.63) is 29.8 Å². The van der Waals surface area contributed by atoms with Gasteiger partial charge in [0, 0.05) is 0 Å². The van der Waals surface area contributed by atoms with Crippen molar-refractivity contribution in [2.75, 3.05) is 7.11 Å². The lowest BCUT2D eigenvalue weighted by Gasteiger charge is -2.27. The van der Waals surface area contributed by atoms with Crippen LogP contribution in [-0.4, -0.2) is 7.11 Å². The van der Waals surface area contributed by atoms with Gasteiger partial charge in [0.2, 0.25) is 0 Å². The van der Waals surface area contributed by atoms with E-state index in [-0.39, 0.29) is 0 Å². The van der Waals surface area contributed by atoms with E-state index in [4.69, 9.17) is 4.74 Å². The van der Waals surface area contributed by atoms with Crippen LogP contribution < -0.4 is 4.74 Å². The van der Waals surface area contributed by atoms with E-state index in [1.165, 1.54) is 32.1 Å². The molecule has 3 rings (SSSR count). The van der Waals surface area contributed by atoms with Crippen LogP contribution in [0.3, 0.4) is 0 Å². The summed E-state index contributed by atoms with van der Waals surface area (Å²) in [5, 5.41) is 0. The van der Waals surface area contributed by atoms with E-state index >= 15 is 0 Å². The van der Waals surface area contributed by atoms with Crippen molar-refractivity contribution in [2.45, 2.75) is 37.5 Å². The molecule has 2 aliphatic rings. The number of ether oxygens (including phenoxy) is 1. The summed E-state index contributed by atoms with van der Waals surface area (Å²) in [7, 11) is 1.73. The van der Waals surface area contributed by atoms with Gasteiger partial charge in [-0.1, -0.05) is 12.1 Å². The fraction of sp³-hybridized carbons (Fsp3) is 0.571. The Labute approximate surface area is 91.5 Å². The van der Waals surface area contributed by atoms with Gasteiger partial charge in [-0.15, -0.1) is 0 Å². The molecule has 0 amide bonds. The third-order valence-electron chi connectivity index (χ3n) is 4.44. The molecule has 80 valence electrons. The Bertz CT molecular complexity index is 344. The van der Waals surface area contributed by atoms with Crippen LogP contribution in [0.25, 0.3) is 0 Å². The molecule has 2 saturated carbocycles. The average molecular weight is 202 g/mol. The Balaban J connectivity index is 1.92. The molecule has 0 atom stereocenters. The zero-order valence-electron chi connectivity index (χ0n) is 9.33. The van der Waals surface area contributed by atoms with Gasteiger partial charge in [-0.25, -0.2) is 0 Å². The molecule has 1 nitrogen and oxygen atoms in total. The number of hydrogen-bond donors (Lipinski definition) is 0. The van der Waals surface area contributed by atoms with Crippen LogP contribution in [0.5, 0.6) is 5.75 Å². The minimum atomic E-state index is 0.539. The average Bonchev–Trinajstić information content (AvgIpc) is 2.90. The molecule has 1 aromatic carbocycles. The van der Waals surface area contributed by atoms with Crippen LogP contribution in [0, 0.1) is 5.92 Å². The normalized spacial score (nSPS) is 33.3. The lowest BCUT2D eigenvalue weighted by atomic mass is 9.78. The first-order valence-corrected chi connectivity index (χ1v) is 5.97. The van der Waals surface area contributed by atoms with Crippen LogP contribution in [0.4, 0.5) is 0 Å². The number of hydrogen-bond acceptors (Lipinski definition) is 1. The Kier molecular flexibility index (Phi) is 2.01. The van der Waals surface area contributed by atoms with Gasteiger partial charge in [0.05, 0.1) is 7.11 Å². The molecule has 15 heavy (non-hydrogen) atoms. The highest BCUT2D eigenvalue weighted by Gasteiger charge is 2.45. The fourth-order valence-corrected chi connectivity index (χ4v) is 3.54. The van der Waals surface area contributed by atoms with E-state index in [1.54, 1.807) is 12.7 Å². The minimum absolute atomic E-state index is 0.539. The highest BCUT2D eigenvalue weighted by atomic mass is 16.5. The van der Waals surface area contributed by atoms with Gasteiger partial charge in [-0.05, 0) is 61.1 Å². The molecule has 1 aromatic rings. The highest BCUT2D eigenvalue weighted by Crippen LogP contribution is 2.55. The zero-order valence-corrected chi connectivity index (χ0v) is 9.33. The van der Waals surface area contributed by atoms with Gasteiger partial charge >= 0.3 is 0 Å². The SMILES string of the molecule is COc1ccc(C23CCC(CC2)C3)cc1.